The van der Waals surface area contributed by atoms with E-state index in [0.29, 0.717) is 18.8 Å². The summed E-state index contributed by atoms with van der Waals surface area (Å²) in [7, 11) is 0. The lowest BCUT2D eigenvalue weighted by Gasteiger charge is -2.40. The topological polar surface area (TPSA) is 110 Å². The second-order valence-corrected chi connectivity index (χ2v) is 12.0. The summed E-state index contributed by atoms with van der Waals surface area (Å²) >= 11 is 11.8. The highest BCUT2D eigenvalue weighted by Gasteiger charge is 2.35. The summed E-state index contributed by atoms with van der Waals surface area (Å²) in [5.74, 6) is -4.11. The highest BCUT2D eigenvalue weighted by molar-refractivity contribution is 6.37. The third-order valence-electron chi connectivity index (χ3n) is 8.04. The van der Waals surface area contributed by atoms with Crippen LogP contribution in [0.5, 0.6) is 0 Å². The fourth-order valence-electron chi connectivity index (χ4n) is 5.82. The molecular weight excluding hydrogens is 618 g/mol. The van der Waals surface area contributed by atoms with Crippen molar-refractivity contribution in [2.24, 2.45) is 16.8 Å². The zero-order valence-electron chi connectivity index (χ0n) is 24.4. The third-order valence-corrected chi connectivity index (χ3v) is 8.74. The molecule has 2 unspecified atom stereocenters. The lowest BCUT2D eigenvalue weighted by atomic mass is 9.88. The maximum atomic E-state index is 16.0. The number of amides is 1. The van der Waals surface area contributed by atoms with Gasteiger partial charge >= 0.3 is 5.69 Å². The Hall–Kier alpha value is -3.90. The van der Waals surface area contributed by atoms with Gasteiger partial charge in [0.05, 0.1) is 22.7 Å². The van der Waals surface area contributed by atoms with Gasteiger partial charge in [0.1, 0.15) is 27.2 Å². The first-order valence-corrected chi connectivity index (χ1v) is 14.7. The van der Waals surface area contributed by atoms with E-state index in [9.17, 15) is 14.0 Å². The number of rotatable bonds is 5. The molecule has 4 heterocycles. The number of benzene rings is 1. The Morgan fingerprint density at radius 3 is 2.48 bits per heavy atom. The monoisotopic (exact) mass is 647 g/mol. The largest absolute Gasteiger partial charge is 0.397 e. The van der Waals surface area contributed by atoms with Crippen molar-refractivity contribution in [3.05, 3.63) is 69.0 Å². The van der Waals surface area contributed by atoms with Crippen molar-refractivity contribution in [1.82, 2.24) is 19.4 Å². The number of hydrogen-bond donors (Lipinski definition) is 1. The smallest absolute Gasteiger partial charge is 0.351 e. The summed E-state index contributed by atoms with van der Waals surface area (Å²) < 4.78 is 47.2. The number of carbonyl (C=O) groups excluding carboxylic acids is 1. The van der Waals surface area contributed by atoms with E-state index in [-0.39, 0.29) is 47.2 Å². The van der Waals surface area contributed by atoms with Gasteiger partial charge in [-0.2, -0.15) is 4.98 Å². The number of carbonyl (C=O) groups is 1. The Balaban J connectivity index is 1.82. The first kappa shape index (κ1) is 31.5. The van der Waals surface area contributed by atoms with Crippen molar-refractivity contribution in [1.29, 1.82) is 0 Å². The maximum absolute atomic E-state index is 16.0. The number of nitrogens with zero attached hydrogens (tertiary/aromatic N) is 6. The number of aliphatic imine (C=N–C) groups is 1. The van der Waals surface area contributed by atoms with E-state index in [1.165, 1.54) is 10.6 Å². The van der Waals surface area contributed by atoms with Crippen molar-refractivity contribution in [3.63, 3.8) is 0 Å². The first-order valence-electron chi connectivity index (χ1n) is 13.9. The number of anilines is 2. The summed E-state index contributed by atoms with van der Waals surface area (Å²) in [6.07, 6.45) is 4.71. The zero-order valence-corrected chi connectivity index (χ0v) is 25.9. The summed E-state index contributed by atoms with van der Waals surface area (Å²) in [5, 5.41) is -1.51. The fourth-order valence-corrected chi connectivity index (χ4v) is 6.25. The van der Waals surface area contributed by atoms with Crippen LogP contribution < -0.4 is 16.3 Å². The number of nitrogens with two attached hydrogens (primary N) is 1. The Kier molecular flexibility index (Phi) is 8.52. The van der Waals surface area contributed by atoms with Crippen molar-refractivity contribution in [2.75, 3.05) is 30.3 Å². The summed E-state index contributed by atoms with van der Waals surface area (Å²) in [6, 6.07) is 0.0987. The average Bonchev–Trinajstić information content (AvgIpc) is 2.99. The van der Waals surface area contributed by atoms with Crippen molar-refractivity contribution in [3.8, 4) is 11.3 Å². The van der Waals surface area contributed by atoms with E-state index >= 15 is 8.78 Å². The molecule has 44 heavy (non-hydrogen) atoms. The van der Waals surface area contributed by atoms with Gasteiger partial charge in [-0.15, -0.1) is 0 Å². The van der Waals surface area contributed by atoms with Gasteiger partial charge in [-0.1, -0.05) is 56.6 Å². The number of nitrogen functional groups attached to an aromatic ring is 1. The molecule has 0 radical (unpaired) electrons. The molecule has 1 amide bonds. The molecule has 2 aromatic heterocycles. The standard InChI is InChI=1S/C30H30Cl2F3N7O2/c1-6-18(43)40-9-10-41(15(5)12-40)28-16-11-17(33)26(19-22(34)20(31)23(35)21(32)24(19)36)38-29(16)42(30(44)39-28)27-14(4)7-8-37-25(27)13(2)3/h6-8,11,13-15,27H,1,9-10,12,36H2,2-5H3/t14?,15-,27?/m0/s1. The van der Waals surface area contributed by atoms with Crippen molar-refractivity contribution >= 4 is 57.4 Å². The molecule has 1 fully saturated rings. The maximum Gasteiger partial charge on any atom is 0.351 e. The second-order valence-electron chi connectivity index (χ2n) is 11.2. The molecule has 2 aliphatic rings. The lowest BCUT2D eigenvalue weighted by molar-refractivity contribution is -0.126. The first-order chi connectivity index (χ1) is 20.8. The number of fused-ring (bicyclic) bond motifs is 1. The van der Waals surface area contributed by atoms with Gasteiger partial charge in [0.25, 0.3) is 0 Å². The van der Waals surface area contributed by atoms with Crippen LogP contribution in [0, 0.1) is 29.3 Å². The molecule has 2 N–H and O–H groups in total. The van der Waals surface area contributed by atoms with Crippen LogP contribution in [0.15, 0.2) is 40.8 Å². The number of pyridine rings is 1. The van der Waals surface area contributed by atoms with E-state index in [2.05, 4.69) is 21.5 Å². The normalized spacial score (nSPS) is 20.4. The predicted molar refractivity (Wildman–Crippen MR) is 167 cm³/mol. The molecule has 232 valence electrons. The molecule has 2 aliphatic heterocycles. The summed E-state index contributed by atoms with van der Waals surface area (Å²) in [6.45, 7) is 12.0. The fraction of sp³-hybridized carbons (Fsp3) is 0.367. The van der Waals surface area contributed by atoms with Crippen LogP contribution >= 0.6 is 23.2 Å². The predicted octanol–water partition coefficient (Wildman–Crippen LogP) is 5.79. The van der Waals surface area contributed by atoms with Crippen LogP contribution in [-0.2, 0) is 4.79 Å². The van der Waals surface area contributed by atoms with E-state index in [0.717, 1.165) is 6.07 Å². The van der Waals surface area contributed by atoms with E-state index in [4.69, 9.17) is 28.9 Å². The number of allylic oxidation sites excluding steroid dienone is 1. The van der Waals surface area contributed by atoms with E-state index < -0.39 is 56.2 Å². The van der Waals surface area contributed by atoms with Gasteiger partial charge in [-0.05, 0) is 25.0 Å². The van der Waals surface area contributed by atoms with Gasteiger partial charge in [0.15, 0.2) is 17.5 Å². The number of halogens is 5. The Bertz CT molecular complexity index is 1800. The molecule has 1 saturated heterocycles. The lowest BCUT2D eigenvalue weighted by Crippen LogP contribution is -2.54. The Morgan fingerprint density at radius 2 is 1.84 bits per heavy atom. The Morgan fingerprint density at radius 1 is 1.14 bits per heavy atom. The van der Waals surface area contributed by atoms with Crippen molar-refractivity contribution < 1.29 is 18.0 Å². The minimum absolute atomic E-state index is 0.0240. The van der Waals surface area contributed by atoms with Gasteiger partial charge in [-0.3, -0.25) is 14.4 Å². The molecule has 0 bridgehead atoms. The molecule has 5 rings (SSSR count). The molecule has 0 aliphatic carbocycles. The SMILES string of the molecule is C=CC(=O)N1CCN(c2nc(=O)n(C3C(C(C)C)=NC=CC3C)c3nc(-c4c(N)c(Cl)c(F)c(Cl)c4F)c(F)cc23)[C@@H](C)C1. The van der Waals surface area contributed by atoms with Crippen LogP contribution in [0.25, 0.3) is 22.3 Å². The molecular formula is C30H30Cl2F3N7O2. The molecule has 0 spiro atoms. The van der Waals surface area contributed by atoms with Crippen LogP contribution in [0.4, 0.5) is 24.7 Å². The number of aromatic nitrogens is 3. The van der Waals surface area contributed by atoms with Crippen LogP contribution in [-0.4, -0.2) is 56.7 Å². The molecule has 3 atom stereocenters. The zero-order chi connectivity index (χ0) is 32.2. The number of hydrogen-bond acceptors (Lipinski definition) is 7. The second kappa shape index (κ2) is 11.9. The summed E-state index contributed by atoms with van der Waals surface area (Å²) in [4.78, 5) is 43.1. The van der Waals surface area contributed by atoms with Crippen LogP contribution in [0.1, 0.15) is 33.7 Å². The van der Waals surface area contributed by atoms with E-state index in [1.54, 1.807) is 16.0 Å². The molecule has 14 heteroatoms. The molecule has 3 aromatic rings. The highest BCUT2D eigenvalue weighted by atomic mass is 35.5. The average molecular weight is 649 g/mol. The third kappa shape index (κ3) is 5.13. The van der Waals surface area contributed by atoms with Gasteiger partial charge in [0.2, 0.25) is 5.91 Å². The van der Waals surface area contributed by atoms with Gasteiger partial charge in [0, 0.05) is 43.5 Å². The van der Waals surface area contributed by atoms with Crippen LogP contribution in [0.2, 0.25) is 10.0 Å². The van der Waals surface area contributed by atoms with Crippen LogP contribution in [0.3, 0.4) is 0 Å². The highest BCUT2D eigenvalue weighted by Crippen LogP contribution is 2.42. The quantitative estimate of drug-likeness (QED) is 0.162. The minimum atomic E-state index is -1.35. The van der Waals surface area contributed by atoms with Gasteiger partial charge in [-0.25, -0.2) is 22.9 Å². The molecule has 0 saturated carbocycles. The van der Waals surface area contributed by atoms with Gasteiger partial charge < -0.3 is 15.5 Å². The summed E-state index contributed by atoms with van der Waals surface area (Å²) in [5.41, 5.74) is 4.06. The minimum Gasteiger partial charge on any atom is -0.397 e. The number of piperazine rings is 1. The molecule has 9 nitrogen and oxygen atoms in total. The Labute approximate surface area is 261 Å². The molecule has 1 aromatic carbocycles. The van der Waals surface area contributed by atoms with Crippen molar-refractivity contribution in [2.45, 2.75) is 39.8 Å². The van der Waals surface area contributed by atoms with E-state index in [1.807, 2.05) is 33.8 Å².